The molecule has 0 fully saturated rings. The Labute approximate surface area is 196 Å². The van der Waals surface area contributed by atoms with E-state index < -0.39 is 47.6 Å². The SMILES string of the molecule is COC(=O)COc1cccc(C(=O)Nc2ccc(NC(=O)c3ccccc3F)cc2C(F)(F)F)c1. The molecule has 7 nitrogen and oxygen atoms in total. The minimum Gasteiger partial charge on any atom is -0.482 e. The van der Waals surface area contributed by atoms with Crippen LogP contribution >= 0.6 is 0 Å². The molecule has 0 saturated heterocycles. The van der Waals surface area contributed by atoms with Crippen molar-refractivity contribution in [2.45, 2.75) is 6.18 Å². The van der Waals surface area contributed by atoms with Crippen LogP contribution < -0.4 is 15.4 Å². The minimum atomic E-state index is -4.88. The number of hydrogen-bond donors (Lipinski definition) is 2. The Kier molecular flexibility index (Phi) is 7.69. The van der Waals surface area contributed by atoms with E-state index in [0.717, 1.165) is 18.2 Å². The molecule has 3 aromatic rings. The van der Waals surface area contributed by atoms with Crippen LogP contribution in [0.15, 0.2) is 66.7 Å². The van der Waals surface area contributed by atoms with E-state index in [2.05, 4.69) is 15.4 Å². The van der Waals surface area contributed by atoms with Gasteiger partial charge in [0, 0.05) is 11.3 Å². The largest absolute Gasteiger partial charge is 0.482 e. The molecule has 0 unspecified atom stereocenters. The molecule has 2 amide bonds. The van der Waals surface area contributed by atoms with Gasteiger partial charge in [0.2, 0.25) is 0 Å². The monoisotopic (exact) mass is 490 g/mol. The number of anilines is 2. The van der Waals surface area contributed by atoms with Crippen molar-refractivity contribution in [2.75, 3.05) is 24.4 Å². The Bertz CT molecular complexity index is 1260. The summed E-state index contributed by atoms with van der Waals surface area (Å²) in [6.07, 6.45) is -4.88. The van der Waals surface area contributed by atoms with Gasteiger partial charge in [-0.3, -0.25) is 9.59 Å². The third-order valence-electron chi connectivity index (χ3n) is 4.63. The van der Waals surface area contributed by atoms with E-state index in [-0.39, 0.29) is 22.6 Å². The van der Waals surface area contributed by atoms with Gasteiger partial charge in [-0.25, -0.2) is 9.18 Å². The molecule has 0 radical (unpaired) electrons. The number of carbonyl (C=O) groups excluding carboxylic acids is 3. The van der Waals surface area contributed by atoms with E-state index in [1.807, 2.05) is 0 Å². The lowest BCUT2D eigenvalue weighted by Gasteiger charge is -2.16. The Morgan fingerprint density at radius 2 is 1.63 bits per heavy atom. The fourth-order valence-electron chi connectivity index (χ4n) is 2.93. The molecule has 182 valence electrons. The Morgan fingerprint density at radius 1 is 0.886 bits per heavy atom. The quantitative estimate of drug-likeness (QED) is 0.363. The zero-order chi connectivity index (χ0) is 25.6. The maximum absolute atomic E-state index is 13.8. The summed E-state index contributed by atoms with van der Waals surface area (Å²) in [6, 6.07) is 13.2. The maximum Gasteiger partial charge on any atom is 0.418 e. The molecule has 0 aliphatic carbocycles. The first-order chi connectivity index (χ1) is 16.6. The van der Waals surface area contributed by atoms with Gasteiger partial charge in [-0.2, -0.15) is 13.2 Å². The number of alkyl halides is 3. The third-order valence-corrected chi connectivity index (χ3v) is 4.63. The molecule has 0 aliphatic heterocycles. The van der Waals surface area contributed by atoms with Crippen molar-refractivity contribution in [1.82, 2.24) is 0 Å². The molecule has 0 aromatic heterocycles. The molecule has 0 aliphatic rings. The molecule has 0 saturated carbocycles. The lowest BCUT2D eigenvalue weighted by Crippen LogP contribution is -2.18. The molecule has 35 heavy (non-hydrogen) atoms. The number of hydrogen-bond acceptors (Lipinski definition) is 5. The number of benzene rings is 3. The van der Waals surface area contributed by atoms with Crippen molar-refractivity contribution in [2.24, 2.45) is 0 Å². The molecular weight excluding hydrogens is 472 g/mol. The van der Waals surface area contributed by atoms with Gasteiger partial charge in [0.05, 0.1) is 23.9 Å². The van der Waals surface area contributed by atoms with E-state index in [0.29, 0.717) is 6.07 Å². The summed E-state index contributed by atoms with van der Waals surface area (Å²) in [6.45, 7) is -0.417. The van der Waals surface area contributed by atoms with E-state index in [1.165, 1.54) is 49.6 Å². The summed E-state index contributed by atoms with van der Waals surface area (Å²) in [5.74, 6) is -3.16. The fourth-order valence-corrected chi connectivity index (χ4v) is 2.93. The van der Waals surface area contributed by atoms with Gasteiger partial charge in [-0.15, -0.1) is 0 Å². The second-order valence-corrected chi connectivity index (χ2v) is 7.04. The number of esters is 1. The van der Waals surface area contributed by atoms with Crippen molar-refractivity contribution in [3.05, 3.63) is 89.2 Å². The molecule has 11 heteroatoms. The smallest absolute Gasteiger partial charge is 0.418 e. The van der Waals surface area contributed by atoms with Crippen LogP contribution in [-0.2, 0) is 15.7 Å². The van der Waals surface area contributed by atoms with E-state index in [1.54, 1.807) is 0 Å². The highest BCUT2D eigenvalue weighted by molar-refractivity contribution is 6.06. The summed E-state index contributed by atoms with van der Waals surface area (Å²) in [5.41, 5.74) is -2.41. The second-order valence-electron chi connectivity index (χ2n) is 7.04. The van der Waals surface area contributed by atoms with Crippen LogP contribution in [0.1, 0.15) is 26.3 Å². The van der Waals surface area contributed by atoms with Gasteiger partial charge in [-0.05, 0) is 48.5 Å². The average Bonchev–Trinajstić information content (AvgIpc) is 2.83. The third kappa shape index (κ3) is 6.56. The van der Waals surface area contributed by atoms with Gasteiger partial charge in [-0.1, -0.05) is 18.2 Å². The zero-order valence-electron chi connectivity index (χ0n) is 18.1. The summed E-state index contributed by atoms with van der Waals surface area (Å²) < 4.78 is 64.5. The number of ether oxygens (including phenoxy) is 2. The highest BCUT2D eigenvalue weighted by Gasteiger charge is 2.34. The first-order valence-corrected chi connectivity index (χ1v) is 9.96. The fraction of sp³-hybridized carbons (Fsp3) is 0.125. The summed E-state index contributed by atoms with van der Waals surface area (Å²) in [7, 11) is 1.17. The second kappa shape index (κ2) is 10.7. The number of carbonyl (C=O) groups is 3. The minimum absolute atomic E-state index is 0.0302. The Balaban J connectivity index is 1.81. The molecule has 0 spiro atoms. The zero-order valence-corrected chi connectivity index (χ0v) is 18.1. The van der Waals surface area contributed by atoms with Crippen LogP contribution in [0.2, 0.25) is 0 Å². The van der Waals surface area contributed by atoms with E-state index in [4.69, 9.17) is 4.74 Å². The van der Waals surface area contributed by atoms with E-state index >= 15 is 0 Å². The predicted molar refractivity (Wildman–Crippen MR) is 118 cm³/mol. The number of nitrogens with one attached hydrogen (secondary N) is 2. The van der Waals surface area contributed by atoms with Gasteiger partial charge in [0.1, 0.15) is 11.6 Å². The predicted octanol–water partition coefficient (Wildman–Crippen LogP) is 4.90. The Morgan fingerprint density at radius 3 is 2.31 bits per heavy atom. The van der Waals surface area contributed by atoms with Crippen LogP contribution in [0, 0.1) is 5.82 Å². The van der Waals surface area contributed by atoms with Crippen molar-refractivity contribution in [3.8, 4) is 5.75 Å². The standard InChI is InChI=1S/C24H18F4N2O5/c1-34-21(31)13-35-16-6-4-5-14(11-16)22(32)30-20-10-9-15(12-18(20)24(26,27)28)29-23(33)17-7-2-3-8-19(17)25/h2-12H,13H2,1H3,(H,29,33)(H,30,32). The molecule has 2 N–H and O–H groups in total. The topological polar surface area (TPSA) is 93.7 Å². The van der Waals surface area contributed by atoms with Gasteiger partial charge < -0.3 is 20.1 Å². The first-order valence-electron chi connectivity index (χ1n) is 9.96. The van der Waals surface area contributed by atoms with E-state index in [9.17, 15) is 31.9 Å². The maximum atomic E-state index is 13.8. The normalized spacial score (nSPS) is 10.9. The molecule has 0 atom stereocenters. The van der Waals surface area contributed by atoms with Crippen molar-refractivity contribution >= 4 is 29.2 Å². The highest BCUT2D eigenvalue weighted by atomic mass is 19.4. The summed E-state index contributed by atoms with van der Waals surface area (Å²) in [5, 5.41) is 4.39. The molecule has 0 bridgehead atoms. The number of methoxy groups -OCH3 is 1. The number of rotatable bonds is 7. The van der Waals surface area contributed by atoms with Crippen molar-refractivity contribution < 1.29 is 41.4 Å². The summed E-state index contributed by atoms with van der Waals surface area (Å²) in [4.78, 5) is 36.0. The number of halogens is 4. The molecule has 3 rings (SSSR count). The molecule has 3 aromatic carbocycles. The van der Waals surface area contributed by atoms with Crippen LogP contribution in [0.5, 0.6) is 5.75 Å². The highest BCUT2D eigenvalue weighted by Crippen LogP contribution is 2.37. The van der Waals surface area contributed by atoms with Crippen LogP contribution in [0.25, 0.3) is 0 Å². The Hall–Kier alpha value is -4.41. The summed E-state index contributed by atoms with van der Waals surface area (Å²) >= 11 is 0. The van der Waals surface area contributed by atoms with Gasteiger partial charge in [0.25, 0.3) is 11.8 Å². The van der Waals surface area contributed by atoms with Gasteiger partial charge in [0.15, 0.2) is 6.61 Å². The first kappa shape index (κ1) is 25.2. The van der Waals surface area contributed by atoms with Crippen molar-refractivity contribution in [1.29, 1.82) is 0 Å². The van der Waals surface area contributed by atoms with Gasteiger partial charge >= 0.3 is 12.1 Å². The van der Waals surface area contributed by atoms with Crippen molar-refractivity contribution in [3.63, 3.8) is 0 Å². The lowest BCUT2D eigenvalue weighted by atomic mass is 10.1. The van der Waals surface area contributed by atoms with Crippen LogP contribution in [0.4, 0.5) is 28.9 Å². The number of amides is 2. The average molecular weight is 490 g/mol. The molecule has 0 heterocycles. The van der Waals surface area contributed by atoms with Crippen LogP contribution in [0.3, 0.4) is 0 Å². The lowest BCUT2D eigenvalue weighted by molar-refractivity contribution is -0.143. The molecular formula is C24H18F4N2O5. The van der Waals surface area contributed by atoms with Crippen LogP contribution in [-0.4, -0.2) is 31.5 Å².